The predicted octanol–water partition coefficient (Wildman–Crippen LogP) is 3.08. The molecule has 2 aromatic heterocycles. The fourth-order valence-electron chi connectivity index (χ4n) is 3.41. The van der Waals surface area contributed by atoms with Crippen molar-refractivity contribution in [2.75, 3.05) is 6.61 Å². The van der Waals surface area contributed by atoms with Gasteiger partial charge >= 0.3 is 0 Å². The Hall–Kier alpha value is -2.76. The molecule has 1 N–H and O–H groups in total. The fraction of sp³-hybridized carbons (Fsp3) is 0.368. The zero-order valence-corrected chi connectivity index (χ0v) is 14.4. The Labute approximate surface area is 145 Å². The summed E-state index contributed by atoms with van der Waals surface area (Å²) in [7, 11) is 0. The van der Waals surface area contributed by atoms with Crippen molar-refractivity contribution in [3.05, 3.63) is 47.7 Å². The summed E-state index contributed by atoms with van der Waals surface area (Å²) < 4.78 is 13.4. The maximum Gasteiger partial charge on any atom is 0.287 e. The Morgan fingerprint density at radius 3 is 3.20 bits per heavy atom. The van der Waals surface area contributed by atoms with Crippen LogP contribution in [0.3, 0.4) is 0 Å². The summed E-state index contributed by atoms with van der Waals surface area (Å²) in [4.78, 5) is 17.0. The fourth-order valence-corrected chi connectivity index (χ4v) is 3.41. The van der Waals surface area contributed by atoms with Crippen molar-refractivity contribution >= 4 is 16.9 Å². The van der Waals surface area contributed by atoms with Gasteiger partial charge in [-0.25, -0.2) is 4.98 Å². The highest BCUT2D eigenvalue weighted by Gasteiger charge is 2.24. The third-order valence-corrected chi connectivity index (χ3v) is 4.70. The summed E-state index contributed by atoms with van der Waals surface area (Å²) in [6.07, 6.45) is 5.51. The summed E-state index contributed by atoms with van der Waals surface area (Å²) in [5.74, 6) is 2.07. The minimum atomic E-state index is -0.166. The lowest BCUT2D eigenvalue weighted by Gasteiger charge is -2.24. The second-order valence-electron chi connectivity index (χ2n) is 6.35. The van der Waals surface area contributed by atoms with E-state index in [0.29, 0.717) is 18.0 Å². The minimum Gasteiger partial charge on any atom is -0.494 e. The van der Waals surface area contributed by atoms with Crippen molar-refractivity contribution < 1.29 is 13.9 Å². The average Bonchev–Trinajstić information content (AvgIpc) is 3.20. The van der Waals surface area contributed by atoms with Gasteiger partial charge in [-0.3, -0.25) is 4.79 Å². The molecule has 0 fully saturated rings. The van der Waals surface area contributed by atoms with Crippen LogP contribution < -0.4 is 10.1 Å². The number of carbonyl (C=O) groups is 1. The largest absolute Gasteiger partial charge is 0.494 e. The van der Waals surface area contributed by atoms with Gasteiger partial charge < -0.3 is 19.0 Å². The van der Waals surface area contributed by atoms with Crippen LogP contribution in [0.1, 0.15) is 35.3 Å². The van der Waals surface area contributed by atoms with E-state index in [2.05, 4.69) is 14.9 Å². The molecule has 0 saturated heterocycles. The van der Waals surface area contributed by atoms with Gasteiger partial charge in [-0.15, -0.1) is 0 Å². The molecule has 1 amide bonds. The van der Waals surface area contributed by atoms with Gasteiger partial charge in [-0.1, -0.05) is 0 Å². The monoisotopic (exact) mass is 339 g/mol. The zero-order valence-electron chi connectivity index (χ0n) is 14.4. The molecule has 0 unspecified atom stereocenters. The number of imidazole rings is 1. The number of benzene rings is 1. The highest BCUT2D eigenvalue weighted by molar-refractivity contribution is 5.99. The number of hydrogen-bond acceptors (Lipinski definition) is 4. The molecule has 1 aromatic carbocycles. The lowest BCUT2D eigenvalue weighted by atomic mass is 10.1. The van der Waals surface area contributed by atoms with Gasteiger partial charge in [0, 0.05) is 42.4 Å². The number of ether oxygens (including phenoxy) is 1. The Balaban J connectivity index is 1.55. The SMILES string of the molecule is CCOc1ccc2oc(C(=O)N[C@@H]3CCc4nccn4C3)c(C)c2c1. The molecular weight excluding hydrogens is 318 g/mol. The Kier molecular flexibility index (Phi) is 3.95. The van der Waals surface area contributed by atoms with E-state index in [-0.39, 0.29) is 11.9 Å². The average molecular weight is 339 g/mol. The molecule has 0 aliphatic carbocycles. The van der Waals surface area contributed by atoms with Crippen LogP contribution in [0.25, 0.3) is 11.0 Å². The van der Waals surface area contributed by atoms with Crippen molar-refractivity contribution in [1.82, 2.24) is 14.9 Å². The Morgan fingerprint density at radius 2 is 2.36 bits per heavy atom. The number of hydrogen-bond donors (Lipinski definition) is 1. The third kappa shape index (κ3) is 2.88. The number of nitrogens with one attached hydrogen (secondary N) is 1. The van der Waals surface area contributed by atoms with Gasteiger partial charge in [0.25, 0.3) is 5.91 Å². The summed E-state index contributed by atoms with van der Waals surface area (Å²) in [5, 5.41) is 4.01. The van der Waals surface area contributed by atoms with Crippen molar-refractivity contribution in [1.29, 1.82) is 0 Å². The molecule has 1 aliphatic heterocycles. The maximum atomic E-state index is 12.7. The van der Waals surface area contributed by atoms with Crippen LogP contribution in [0, 0.1) is 6.92 Å². The molecule has 130 valence electrons. The first-order valence-electron chi connectivity index (χ1n) is 8.62. The van der Waals surface area contributed by atoms with Crippen LogP contribution in [0.5, 0.6) is 5.75 Å². The highest BCUT2D eigenvalue weighted by Crippen LogP contribution is 2.29. The van der Waals surface area contributed by atoms with Crippen LogP contribution in [-0.2, 0) is 13.0 Å². The van der Waals surface area contributed by atoms with Crippen LogP contribution >= 0.6 is 0 Å². The molecule has 3 aromatic rings. The molecule has 6 heteroatoms. The molecule has 0 spiro atoms. The molecule has 0 bridgehead atoms. The van der Waals surface area contributed by atoms with E-state index in [1.165, 1.54) is 0 Å². The van der Waals surface area contributed by atoms with Crippen LogP contribution in [0.4, 0.5) is 0 Å². The summed E-state index contributed by atoms with van der Waals surface area (Å²) >= 11 is 0. The number of aryl methyl sites for hydroxylation is 2. The van der Waals surface area contributed by atoms with E-state index in [0.717, 1.165) is 41.9 Å². The van der Waals surface area contributed by atoms with Gasteiger partial charge in [-0.2, -0.15) is 0 Å². The Bertz CT molecular complexity index is 925. The first kappa shape index (κ1) is 15.7. The quantitative estimate of drug-likeness (QED) is 0.793. The number of aromatic nitrogens is 2. The molecule has 25 heavy (non-hydrogen) atoms. The van der Waals surface area contributed by atoms with Crippen molar-refractivity contribution in [3.63, 3.8) is 0 Å². The van der Waals surface area contributed by atoms with Gasteiger partial charge in [0.1, 0.15) is 17.2 Å². The Morgan fingerprint density at radius 1 is 1.48 bits per heavy atom. The smallest absolute Gasteiger partial charge is 0.287 e. The van der Waals surface area contributed by atoms with E-state index < -0.39 is 0 Å². The second kappa shape index (κ2) is 6.27. The summed E-state index contributed by atoms with van der Waals surface area (Å²) in [5.41, 5.74) is 1.54. The molecule has 3 heterocycles. The molecule has 1 atom stereocenters. The normalized spacial score (nSPS) is 16.6. The van der Waals surface area contributed by atoms with Crippen LogP contribution in [-0.4, -0.2) is 28.1 Å². The predicted molar refractivity (Wildman–Crippen MR) is 93.9 cm³/mol. The van der Waals surface area contributed by atoms with E-state index in [1.807, 2.05) is 38.2 Å². The molecule has 1 aliphatic rings. The van der Waals surface area contributed by atoms with E-state index in [9.17, 15) is 4.79 Å². The maximum absolute atomic E-state index is 12.7. The number of amides is 1. The molecule has 6 nitrogen and oxygen atoms in total. The van der Waals surface area contributed by atoms with Gasteiger partial charge in [0.05, 0.1) is 6.61 Å². The number of rotatable bonds is 4. The lowest BCUT2D eigenvalue weighted by molar-refractivity contribution is 0.0900. The van der Waals surface area contributed by atoms with E-state index >= 15 is 0 Å². The molecular formula is C19H21N3O3. The number of fused-ring (bicyclic) bond motifs is 2. The van der Waals surface area contributed by atoms with E-state index in [1.54, 1.807) is 6.20 Å². The molecule has 0 radical (unpaired) electrons. The molecule has 4 rings (SSSR count). The highest BCUT2D eigenvalue weighted by atomic mass is 16.5. The van der Waals surface area contributed by atoms with Gasteiger partial charge in [-0.05, 0) is 38.5 Å². The third-order valence-electron chi connectivity index (χ3n) is 4.70. The van der Waals surface area contributed by atoms with Crippen molar-refractivity contribution in [3.8, 4) is 5.75 Å². The number of nitrogens with zero attached hydrogens (tertiary/aromatic N) is 2. The van der Waals surface area contributed by atoms with E-state index in [4.69, 9.17) is 9.15 Å². The lowest BCUT2D eigenvalue weighted by Crippen LogP contribution is -2.40. The summed E-state index contributed by atoms with van der Waals surface area (Å²) in [6.45, 7) is 5.20. The van der Waals surface area contributed by atoms with Crippen molar-refractivity contribution in [2.24, 2.45) is 0 Å². The minimum absolute atomic E-state index is 0.0841. The zero-order chi connectivity index (χ0) is 17.4. The number of furan rings is 1. The van der Waals surface area contributed by atoms with Crippen molar-refractivity contribution in [2.45, 2.75) is 39.3 Å². The topological polar surface area (TPSA) is 69.3 Å². The first-order chi connectivity index (χ1) is 12.2. The van der Waals surface area contributed by atoms with Gasteiger partial charge in [0.2, 0.25) is 0 Å². The standard InChI is InChI=1S/C19H21N3O3/c1-3-24-14-5-6-16-15(10-14)12(2)18(25-16)19(23)21-13-4-7-17-20-8-9-22(17)11-13/h5-6,8-10,13H,3-4,7,11H2,1-2H3,(H,21,23)/t13-/m1/s1. The van der Waals surface area contributed by atoms with Crippen LogP contribution in [0.2, 0.25) is 0 Å². The molecule has 0 saturated carbocycles. The van der Waals surface area contributed by atoms with Crippen LogP contribution in [0.15, 0.2) is 35.0 Å². The van der Waals surface area contributed by atoms with Gasteiger partial charge in [0.15, 0.2) is 5.76 Å². The number of carbonyl (C=O) groups excluding carboxylic acids is 1. The first-order valence-corrected chi connectivity index (χ1v) is 8.62. The second-order valence-corrected chi connectivity index (χ2v) is 6.35. The summed E-state index contributed by atoms with van der Waals surface area (Å²) in [6, 6.07) is 5.72.